The normalized spacial score (nSPS) is 16.2. The van der Waals surface area contributed by atoms with Crippen LogP contribution in [0.2, 0.25) is 55.9 Å². The van der Waals surface area contributed by atoms with Crippen LogP contribution in [0.25, 0.3) is 0 Å². The van der Waals surface area contributed by atoms with Crippen molar-refractivity contribution in [3.05, 3.63) is 24.3 Å². The summed E-state index contributed by atoms with van der Waals surface area (Å²) >= 11 is 0. The monoisotopic (exact) mass is 508 g/mol. The van der Waals surface area contributed by atoms with Gasteiger partial charge in [-0.05, 0) is 48.8 Å². The molecule has 192 valence electrons. The molecule has 0 aliphatic rings. The molecule has 0 aliphatic carbocycles. The van der Waals surface area contributed by atoms with Gasteiger partial charge in [-0.25, -0.2) is 0 Å². The molecule has 0 aromatic rings. The van der Waals surface area contributed by atoms with E-state index in [1.165, 1.54) is 19.3 Å². The predicted molar refractivity (Wildman–Crippen MR) is 158 cm³/mol. The fourth-order valence-corrected chi connectivity index (χ4v) is 5.88. The smallest absolute Gasteiger partial charge is 0.193 e. The maximum atomic E-state index is 7.03. The summed E-state index contributed by atoms with van der Waals surface area (Å²) in [6.45, 7) is 32.4. The summed E-state index contributed by atoms with van der Waals surface area (Å²) in [7, 11) is -5.23. The highest BCUT2D eigenvalue weighted by Crippen LogP contribution is 2.41. The molecule has 0 spiro atoms. The molecule has 33 heavy (non-hydrogen) atoms. The zero-order chi connectivity index (χ0) is 26.1. The van der Waals surface area contributed by atoms with Gasteiger partial charge in [-0.2, -0.15) is 0 Å². The van der Waals surface area contributed by atoms with E-state index in [-0.39, 0.29) is 22.3 Å². The van der Waals surface area contributed by atoms with E-state index in [0.717, 1.165) is 6.42 Å². The second-order valence-electron chi connectivity index (χ2n) is 13.5. The third-order valence-corrected chi connectivity index (χ3v) is 16.9. The molecule has 0 aromatic heterocycles. The van der Waals surface area contributed by atoms with Crippen molar-refractivity contribution in [3.8, 4) is 11.5 Å². The van der Waals surface area contributed by atoms with Gasteiger partial charge in [-0.3, -0.25) is 0 Å². The molecule has 2 nitrogen and oxygen atoms in total. The van der Waals surface area contributed by atoms with Crippen molar-refractivity contribution >= 4 is 24.7 Å². The third-order valence-electron chi connectivity index (χ3n) is 6.99. The van der Waals surface area contributed by atoms with Crippen molar-refractivity contribution in [2.75, 3.05) is 0 Å². The minimum atomic E-state index is -1.96. The molecule has 0 saturated heterocycles. The quantitative estimate of drug-likeness (QED) is 0.120. The Morgan fingerprint density at radius 3 is 1.73 bits per heavy atom. The average Bonchev–Trinajstić information content (AvgIpc) is 2.59. The maximum Gasteiger partial charge on any atom is 0.193 e. The summed E-state index contributed by atoms with van der Waals surface area (Å²) in [5.74, 6) is 3.22. The zero-order valence-electron chi connectivity index (χ0n) is 24.6. The summed E-state index contributed by atoms with van der Waals surface area (Å²) < 4.78 is 14.0. The lowest BCUT2D eigenvalue weighted by Crippen LogP contribution is -2.51. The molecule has 0 saturated carbocycles. The number of rotatable bonds is 11. The van der Waals surface area contributed by atoms with Crippen LogP contribution in [-0.2, 0) is 8.85 Å². The maximum absolute atomic E-state index is 7.03. The Bertz CT molecular complexity index is 690. The van der Waals surface area contributed by atoms with Crippen molar-refractivity contribution in [2.24, 2.45) is 0 Å². The molecular formula is C28H56O2Si3. The van der Waals surface area contributed by atoms with E-state index in [0.29, 0.717) is 0 Å². The number of hydrogen-bond acceptors (Lipinski definition) is 2. The first-order valence-electron chi connectivity index (χ1n) is 13.0. The van der Waals surface area contributed by atoms with Gasteiger partial charge in [0.05, 0.1) is 12.2 Å². The molecule has 2 atom stereocenters. The Morgan fingerprint density at radius 2 is 1.27 bits per heavy atom. The molecule has 5 heteroatoms. The van der Waals surface area contributed by atoms with E-state index in [1.807, 2.05) is 6.08 Å². The fraction of sp³-hybridized carbons (Fsp3) is 0.786. The van der Waals surface area contributed by atoms with Crippen LogP contribution < -0.4 is 0 Å². The van der Waals surface area contributed by atoms with Crippen LogP contribution in [0.1, 0.15) is 74.1 Å². The van der Waals surface area contributed by atoms with E-state index in [2.05, 4.69) is 124 Å². The lowest BCUT2D eigenvalue weighted by molar-refractivity contribution is 0.0559. The number of allylic oxidation sites excluding steroid dienone is 3. The Balaban J connectivity index is 6.05. The largest absolute Gasteiger partial charge is 0.411 e. The molecule has 0 N–H and O–H groups in total. The average molecular weight is 509 g/mol. The molecule has 0 aliphatic heterocycles. The third kappa shape index (κ3) is 12.8. The topological polar surface area (TPSA) is 18.5 Å². The highest BCUT2D eigenvalue weighted by Gasteiger charge is 2.43. The van der Waals surface area contributed by atoms with Gasteiger partial charge in [0, 0.05) is 0 Å². The Labute approximate surface area is 211 Å². The molecule has 0 fully saturated rings. The first-order chi connectivity index (χ1) is 14.7. The van der Waals surface area contributed by atoms with Gasteiger partial charge >= 0.3 is 0 Å². The van der Waals surface area contributed by atoms with Gasteiger partial charge in [0.2, 0.25) is 0 Å². The highest BCUT2D eigenvalue weighted by molar-refractivity contribution is 6.83. The lowest BCUT2D eigenvalue weighted by atomic mass is 10.1. The summed E-state index contributed by atoms with van der Waals surface area (Å²) in [6.07, 6.45) is 13.1. The highest BCUT2D eigenvalue weighted by atomic mass is 28.4. The molecule has 0 amide bonds. The molecule has 0 radical (unpaired) electrons. The van der Waals surface area contributed by atoms with Crippen LogP contribution in [0.15, 0.2) is 24.3 Å². The van der Waals surface area contributed by atoms with Crippen LogP contribution >= 0.6 is 0 Å². The Kier molecular flexibility index (Phi) is 12.9. The molecule has 0 rings (SSSR count). The summed E-state index contributed by atoms with van der Waals surface area (Å²) in [5, 5.41) is 0.330. The van der Waals surface area contributed by atoms with E-state index in [1.54, 1.807) is 0 Å². The second-order valence-corrected chi connectivity index (χ2v) is 27.8. The van der Waals surface area contributed by atoms with Crippen molar-refractivity contribution < 1.29 is 8.85 Å². The van der Waals surface area contributed by atoms with Crippen LogP contribution in [0.5, 0.6) is 0 Å². The molecular weight excluding hydrogens is 453 g/mol. The molecule has 0 bridgehead atoms. The lowest BCUT2D eigenvalue weighted by Gasteiger charge is -2.44. The molecule has 0 heterocycles. The van der Waals surface area contributed by atoms with Gasteiger partial charge in [-0.15, -0.1) is 5.54 Å². The SMILES string of the molecule is CCCCC[C@H](O[Si](C)(C)C(C)(C)C)[C@@H](/C=C\C=C\C#C[Si](C)(C)C)O[Si](C)(C)C(C)(C)C. The van der Waals surface area contributed by atoms with Crippen molar-refractivity contribution in [3.63, 3.8) is 0 Å². The first-order valence-corrected chi connectivity index (χ1v) is 22.3. The van der Waals surface area contributed by atoms with Crippen LogP contribution in [0, 0.1) is 11.5 Å². The summed E-state index contributed by atoms with van der Waals surface area (Å²) in [6, 6.07) is 0. The van der Waals surface area contributed by atoms with Gasteiger partial charge in [0.15, 0.2) is 16.6 Å². The van der Waals surface area contributed by atoms with Crippen LogP contribution in [-0.4, -0.2) is 36.9 Å². The number of unbranched alkanes of at least 4 members (excludes halogenated alkanes) is 2. The standard InChI is InChI=1S/C28H56O2Si3/c1-15-16-19-22-25(29-32(11,12)27(2,3)4)26(30-33(13,14)28(5,6)7)23-20-17-18-21-24-31(8,9)10/h17-18,20,23,25-26H,15-16,19,22H2,1-14H3/b18-17+,23-20-/t25-,26+/m0/s1. The van der Waals surface area contributed by atoms with Crippen LogP contribution in [0.4, 0.5) is 0 Å². The van der Waals surface area contributed by atoms with Crippen molar-refractivity contribution in [1.82, 2.24) is 0 Å². The van der Waals surface area contributed by atoms with Crippen molar-refractivity contribution in [2.45, 2.75) is 142 Å². The van der Waals surface area contributed by atoms with Gasteiger partial charge in [0.1, 0.15) is 8.07 Å². The fourth-order valence-electron chi connectivity index (χ4n) is 2.73. The van der Waals surface area contributed by atoms with Gasteiger partial charge < -0.3 is 8.85 Å². The van der Waals surface area contributed by atoms with Gasteiger partial charge in [0.25, 0.3) is 0 Å². The zero-order valence-corrected chi connectivity index (χ0v) is 27.6. The minimum Gasteiger partial charge on any atom is -0.411 e. The van der Waals surface area contributed by atoms with E-state index < -0.39 is 24.7 Å². The molecule has 0 aromatic carbocycles. The number of hydrogen-bond donors (Lipinski definition) is 0. The minimum absolute atomic E-state index is 0.0357. The molecule has 0 unspecified atom stereocenters. The first kappa shape index (κ1) is 32.6. The summed E-state index contributed by atoms with van der Waals surface area (Å²) in [5.41, 5.74) is 3.40. The Morgan fingerprint density at radius 1 is 0.758 bits per heavy atom. The van der Waals surface area contributed by atoms with E-state index >= 15 is 0 Å². The van der Waals surface area contributed by atoms with Gasteiger partial charge in [-0.1, -0.05) is 112 Å². The summed E-state index contributed by atoms with van der Waals surface area (Å²) in [4.78, 5) is 0. The Hall–Kier alpha value is -0.389. The van der Waals surface area contributed by atoms with Crippen molar-refractivity contribution in [1.29, 1.82) is 0 Å². The van der Waals surface area contributed by atoms with E-state index in [4.69, 9.17) is 8.85 Å². The van der Waals surface area contributed by atoms with E-state index in [9.17, 15) is 0 Å². The predicted octanol–water partition coefficient (Wildman–Crippen LogP) is 9.34. The van der Waals surface area contributed by atoms with Crippen LogP contribution in [0.3, 0.4) is 0 Å². The second kappa shape index (κ2) is 13.1.